The van der Waals surface area contributed by atoms with E-state index in [9.17, 15) is 0 Å². The van der Waals surface area contributed by atoms with Crippen molar-refractivity contribution in [2.24, 2.45) is 5.73 Å². The number of rotatable bonds is 5. The van der Waals surface area contributed by atoms with E-state index in [1.807, 2.05) is 31.3 Å². The van der Waals surface area contributed by atoms with Gasteiger partial charge in [-0.1, -0.05) is 17.7 Å². The summed E-state index contributed by atoms with van der Waals surface area (Å²) < 4.78 is 0. The Morgan fingerprint density at radius 3 is 2.80 bits per heavy atom. The maximum Gasteiger partial charge on any atom is 0.0441 e. The zero-order valence-electron chi connectivity index (χ0n) is 11.9. The minimum atomic E-state index is 0.110. The van der Waals surface area contributed by atoms with Crippen LogP contribution in [-0.4, -0.2) is 18.1 Å². The molecule has 0 spiro atoms. The topological polar surface area (TPSA) is 42.1 Å². The first kappa shape index (κ1) is 14.8. The summed E-state index contributed by atoms with van der Waals surface area (Å²) in [6.45, 7) is 2.81. The zero-order chi connectivity index (χ0) is 14.5. The number of anilines is 1. The lowest BCUT2D eigenvalue weighted by atomic mass is 10.0. The van der Waals surface area contributed by atoms with Crippen LogP contribution in [0.2, 0.25) is 5.02 Å². The molecular weight excluding hydrogens is 270 g/mol. The fourth-order valence-electron chi connectivity index (χ4n) is 2.29. The van der Waals surface area contributed by atoms with Gasteiger partial charge in [-0.3, -0.25) is 4.98 Å². The molecule has 20 heavy (non-hydrogen) atoms. The van der Waals surface area contributed by atoms with Gasteiger partial charge in [-0.05, 0) is 48.7 Å². The molecule has 0 amide bonds. The van der Waals surface area contributed by atoms with Gasteiger partial charge in [0.2, 0.25) is 0 Å². The molecule has 2 rings (SSSR count). The molecule has 0 aliphatic rings. The van der Waals surface area contributed by atoms with Crippen molar-refractivity contribution >= 4 is 17.3 Å². The summed E-state index contributed by atoms with van der Waals surface area (Å²) in [7, 11) is 2.07. The fourth-order valence-corrected chi connectivity index (χ4v) is 2.48. The van der Waals surface area contributed by atoms with Gasteiger partial charge in [0.1, 0.15) is 0 Å². The molecule has 0 bridgehead atoms. The summed E-state index contributed by atoms with van der Waals surface area (Å²) >= 11 is 6.10. The van der Waals surface area contributed by atoms with Crippen LogP contribution in [0.4, 0.5) is 5.69 Å². The first-order valence-corrected chi connectivity index (χ1v) is 7.08. The smallest absolute Gasteiger partial charge is 0.0441 e. The second-order valence-electron chi connectivity index (χ2n) is 5.17. The van der Waals surface area contributed by atoms with E-state index < -0.39 is 0 Å². The number of halogens is 1. The molecule has 1 unspecified atom stereocenters. The Hall–Kier alpha value is -1.58. The Kier molecular flexibility index (Phi) is 4.99. The molecule has 2 aromatic rings. The Labute approximate surface area is 125 Å². The summed E-state index contributed by atoms with van der Waals surface area (Å²) in [5, 5.41) is 0.749. The van der Waals surface area contributed by atoms with Gasteiger partial charge in [-0.15, -0.1) is 0 Å². The van der Waals surface area contributed by atoms with Crippen LogP contribution in [0.3, 0.4) is 0 Å². The van der Waals surface area contributed by atoms with E-state index in [2.05, 4.69) is 29.1 Å². The third kappa shape index (κ3) is 3.95. The highest BCUT2D eigenvalue weighted by atomic mass is 35.5. The molecular formula is C16H20ClN3. The highest BCUT2D eigenvalue weighted by Crippen LogP contribution is 2.25. The van der Waals surface area contributed by atoms with Crippen molar-refractivity contribution in [2.75, 3.05) is 11.9 Å². The maximum atomic E-state index is 6.10. The zero-order valence-corrected chi connectivity index (χ0v) is 12.6. The first-order valence-electron chi connectivity index (χ1n) is 6.70. The molecule has 0 radical (unpaired) electrons. The number of hydrogen-bond acceptors (Lipinski definition) is 3. The summed E-state index contributed by atoms with van der Waals surface area (Å²) in [4.78, 5) is 6.35. The minimum absolute atomic E-state index is 0.110. The number of benzene rings is 1. The fraction of sp³-hybridized carbons (Fsp3) is 0.312. The summed E-state index contributed by atoms with van der Waals surface area (Å²) in [5.74, 6) is 0. The number of pyridine rings is 1. The normalized spacial score (nSPS) is 12.2. The number of aromatic nitrogens is 1. The van der Waals surface area contributed by atoms with Crippen LogP contribution < -0.4 is 10.6 Å². The molecule has 106 valence electrons. The molecule has 1 aromatic heterocycles. The van der Waals surface area contributed by atoms with E-state index in [1.165, 1.54) is 11.1 Å². The lowest BCUT2D eigenvalue weighted by molar-refractivity contribution is 0.734. The van der Waals surface area contributed by atoms with Crippen molar-refractivity contribution in [2.45, 2.75) is 25.9 Å². The van der Waals surface area contributed by atoms with Crippen molar-refractivity contribution in [3.8, 4) is 0 Å². The van der Waals surface area contributed by atoms with Crippen LogP contribution in [0.5, 0.6) is 0 Å². The summed E-state index contributed by atoms with van der Waals surface area (Å²) in [5.41, 5.74) is 9.44. The van der Waals surface area contributed by atoms with Crippen molar-refractivity contribution in [1.82, 2.24) is 4.98 Å². The van der Waals surface area contributed by atoms with E-state index in [0.717, 1.165) is 23.7 Å². The van der Waals surface area contributed by atoms with Crippen LogP contribution in [0, 0.1) is 0 Å². The molecule has 1 heterocycles. The van der Waals surface area contributed by atoms with Crippen molar-refractivity contribution < 1.29 is 0 Å². The van der Waals surface area contributed by atoms with Gasteiger partial charge in [0.15, 0.2) is 0 Å². The minimum Gasteiger partial charge on any atom is -0.370 e. The Morgan fingerprint density at radius 2 is 2.15 bits per heavy atom. The molecule has 1 aromatic carbocycles. The van der Waals surface area contributed by atoms with Gasteiger partial charge in [-0.2, -0.15) is 0 Å². The van der Waals surface area contributed by atoms with Crippen LogP contribution in [0.1, 0.15) is 18.1 Å². The quantitative estimate of drug-likeness (QED) is 0.919. The maximum absolute atomic E-state index is 6.10. The van der Waals surface area contributed by atoms with Gasteiger partial charge in [0.25, 0.3) is 0 Å². The highest BCUT2D eigenvalue weighted by Gasteiger charge is 2.10. The van der Waals surface area contributed by atoms with Crippen molar-refractivity contribution in [1.29, 1.82) is 0 Å². The van der Waals surface area contributed by atoms with Crippen LogP contribution in [0.25, 0.3) is 0 Å². The van der Waals surface area contributed by atoms with Gasteiger partial charge in [-0.25, -0.2) is 0 Å². The molecule has 3 nitrogen and oxygen atoms in total. The number of hydrogen-bond donors (Lipinski definition) is 1. The number of nitrogens with zero attached hydrogens (tertiary/aromatic N) is 2. The molecule has 0 saturated carbocycles. The third-order valence-electron chi connectivity index (χ3n) is 3.14. The predicted octanol–water partition coefficient (Wildman–Crippen LogP) is 3.26. The molecule has 4 heteroatoms. The monoisotopic (exact) mass is 289 g/mol. The van der Waals surface area contributed by atoms with E-state index in [0.29, 0.717) is 0 Å². The Balaban J connectivity index is 2.22. The molecule has 1 atom stereocenters. The van der Waals surface area contributed by atoms with Gasteiger partial charge >= 0.3 is 0 Å². The van der Waals surface area contributed by atoms with E-state index in [1.54, 1.807) is 6.20 Å². The van der Waals surface area contributed by atoms with Crippen LogP contribution in [-0.2, 0) is 13.0 Å². The molecule has 0 aliphatic heterocycles. The second kappa shape index (κ2) is 6.73. The third-order valence-corrected chi connectivity index (χ3v) is 3.37. The Morgan fingerprint density at radius 1 is 1.35 bits per heavy atom. The lowest BCUT2D eigenvalue weighted by Gasteiger charge is -2.23. The van der Waals surface area contributed by atoms with Gasteiger partial charge in [0, 0.05) is 42.7 Å². The van der Waals surface area contributed by atoms with E-state index in [4.69, 9.17) is 17.3 Å². The van der Waals surface area contributed by atoms with Crippen molar-refractivity contribution in [3.63, 3.8) is 0 Å². The lowest BCUT2D eigenvalue weighted by Crippen LogP contribution is -2.22. The van der Waals surface area contributed by atoms with Crippen LogP contribution >= 0.6 is 11.6 Å². The van der Waals surface area contributed by atoms with Gasteiger partial charge in [0.05, 0.1) is 0 Å². The predicted molar refractivity (Wildman–Crippen MR) is 85.1 cm³/mol. The Bertz CT molecular complexity index is 555. The number of nitrogens with two attached hydrogens (primary N) is 1. The molecule has 0 aliphatic carbocycles. The van der Waals surface area contributed by atoms with Gasteiger partial charge < -0.3 is 10.6 Å². The van der Waals surface area contributed by atoms with Crippen molar-refractivity contribution in [3.05, 3.63) is 58.9 Å². The van der Waals surface area contributed by atoms with Crippen LogP contribution in [0.15, 0.2) is 42.7 Å². The molecule has 2 N–H and O–H groups in total. The summed E-state index contributed by atoms with van der Waals surface area (Å²) in [6.07, 6.45) is 4.48. The highest BCUT2D eigenvalue weighted by molar-refractivity contribution is 6.30. The summed E-state index contributed by atoms with van der Waals surface area (Å²) in [6, 6.07) is 10.1. The first-order chi connectivity index (χ1) is 9.56. The largest absolute Gasteiger partial charge is 0.370 e. The van der Waals surface area contributed by atoms with E-state index >= 15 is 0 Å². The SMILES string of the molecule is CC(N)Cc1cc(Cl)ccc1N(C)Cc1cccnc1. The second-order valence-corrected chi connectivity index (χ2v) is 5.61. The average molecular weight is 290 g/mol. The van der Waals surface area contributed by atoms with E-state index in [-0.39, 0.29) is 6.04 Å². The molecule has 0 fully saturated rings. The average Bonchev–Trinajstić information content (AvgIpc) is 2.39. The standard InChI is InChI=1S/C16H20ClN3/c1-12(18)8-14-9-15(17)5-6-16(14)20(2)11-13-4-3-7-19-10-13/h3-7,9-10,12H,8,11,18H2,1-2H3. The molecule has 0 saturated heterocycles.